The second-order valence-electron chi connectivity index (χ2n) is 5.09. The lowest BCUT2D eigenvalue weighted by atomic mass is 10.1. The number of carbonyl (C=O) groups excluding carboxylic acids is 1. The van der Waals surface area contributed by atoms with E-state index in [-0.39, 0.29) is 5.91 Å². The molecule has 2 aromatic rings. The predicted molar refractivity (Wildman–Crippen MR) is 90.5 cm³/mol. The Bertz CT molecular complexity index is 669. The molecule has 4 nitrogen and oxygen atoms in total. The van der Waals surface area contributed by atoms with Crippen LogP contribution >= 0.6 is 11.6 Å². The second kappa shape index (κ2) is 7.18. The van der Waals surface area contributed by atoms with Crippen molar-refractivity contribution in [3.63, 3.8) is 0 Å². The summed E-state index contributed by atoms with van der Waals surface area (Å²) >= 11 is 6.05. The number of anilines is 2. The molecule has 2 rings (SSSR count). The zero-order valence-electron chi connectivity index (χ0n) is 12.7. The van der Waals surface area contributed by atoms with Gasteiger partial charge in [-0.1, -0.05) is 23.7 Å². The summed E-state index contributed by atoms with van der Waals surface area (Å²) in [6.45, 7) is 1.88. The van der Waals surface area contributed by atoms with Gasteiger partial charge in [0.1, 0.15) is 5.75 Å². The number of rotatable bonds is 5. The summed E-state index contributed by atoms with van der Waals surface area (Å²) < 4.78 is 5.24. The van der Waals surface area contributed by atoms with Crippen molar-refractivity contribution >= 4 is 28.9 Å². The molecule has 0 aliphatic heterocycles. The number of nitrogen functional groups attached to an aromatic ring is 1. The van der Waals surface area contributed by atoms with Gasteiger partial charge < -0.3 is 15.8 Å². The summed E-state index contributed by atoms with van der Waals surface area (Å²) in [6, 6.07) is 11.0. The molecule has 0 spiro atoms. The van der Waals surface area contributed by atoms with Crippen molar-refractivity contribution < 1.29 is 9.53 Å². The zero-order valence-corrected chi connectivity index (χ0v) is 13.4. The number of hydrogen-bond donors (Lipinski definition) is 2. The molecule has 1 amide bonds. The number of aryl methyl sites for hydroxylation is 2. The molecule has 0 heterocycles. The summed E-state index contributed by atoms with van der Waals surface area (Å²) in [7, 11) is 1.55. The van der Waals surface area contributed by atoms with Gasteiger partial charge >= 0.3 is 0 Å². The molecule has 0 radical (unpaired) electrons. The normalized spacial score (nSPS) is 10.3. The molecular weight excluding hydrogens is 300 g/mol. The van der Waals surface area contributed by atoms with Gasteiger partial charge in [0.2, 0.25) is 5.91 Å². The van der Waals surface area contributed by atoms with Gasteiger partial charge in [0, 0.05) is 23.2 Å². The van der Waals surface area contributed by atoms with Gasteiger partial charge in [-0.15, -0.1) is 0 Å². The van der Waals surface area contributed by atoms with Crippen LogP contribution in [0.2, 0.25) is 5.02 Å². The van der Waals surface area contributed by atoms with Crippen LogP contribution in [-0.4, -0.2) is 13.0 Å². The highest BCUT2D eigenvalue weighted by atomic mass is 35.5. The quantitative estimate of drug-likeness (QED) is 0.824. The van der Waals surface area contributed by atoms with Crippen LogP contribution in [0.15, 0.2) is 36.4 Å². The first-order chi connectivity index (χ1) is 10.5. The lowest BCUT2D eigenvalue weighted by molar-refractivity contribution is -0.116. The summed E-state index contributed by atoms with van der Waals surface area (Å²) in [5, 5.41) is 3.47. The fourth-order valence-corrected chi connectivity index (χ4v) is 2.24. The smallest absolute Gasteiger partial charge is 0.224 e. The van der Waals surface area contributed by atoms with Gasteiger partial charge in [0.15, 0.2) is 0 Å². The van der Waals surface area contributed by atoms with Gasteiger partial charge in [-0.25, -0.2) is 0 Å². The molecule has 0 fully saturated rings. The van der Waals surface area contributed by atoms with E-state index in [1.54, 1.807) is 13.2 Å². The van der Waals surface area contributed by atoms with Crippen LogP contribution < -0.4 is 15.8 Å². The summed E-state index contributed by atoms with van der Waals surface area (Å²) in [5.41, 5.74) is 8.95. The topological polar surface area (TPSA) is 64.3 Å². The van der Waals surface area contributed by atoms with Crippen molar-refractivity contribution in [2.24, 2.45) is 0 Å². The Kier molecular flexibility index (Phi) is 5.28. The van der Waals surface area contributed by atoms with E-state index in [1.165, 1.54) is 0 Å². The molecule has 3 N–H and O–H groups in total. The molecular formula is C17H19ClN2O2. The van der Waals surface area contributed by atoms with E-state index in [9.17, 15) is 4.79 Å². The van der Waals surface area contributed by atoms with Crippen LogP contribution in [0.4, 0.5) is 11.4 Å². The first-order valence-electron chi connectivity index (χ1n) is 6.98. The Labute approximate surface area is 135 Å². The number of nitrogens with one attached hydrogen (secondary N) is 1. The maximum absolute atomic E-state index is 12.1. The Morgan fingerprint density at radius 1 is 1.27 bits per heavy atom. The fourth-order valence-electron chi connectivity index (χ4n) is 2.08. The Balaban J connectivity index is 2.00. The highest BCUT2D eigenvalue weighted by Gasteiger charge is 2.10. The van der Waals surface area contributed by atoms with Crippen molar-refractivity contribution in [3.05, 3.63) is 52.5 Å². The van der Waals surface area contributed by atoms with Crippen molar-refractivity contribution in [3.8, 4) is 5.75 Å². The van der Waals surface area contributed by atoms with Crippen molar-refractivity contribution in [1.29, 1.82) is 0 Å². The lowest BCUT2D eigenvalue weighted by Crippen LogP contribution is -2.13. The number of hydrogen-bond acceptors (Lipinski definition) is 3. The highest BCUT2D eigenvalue weighted by molar-refractivity contribution is 6.31. The maximum atomic E-state index is 12.1. The van der Waals surface area contributed by atoms with Crippen molar-refractivity contribution in [2.75, 3.05) is 18.2 Å². The number of methoxy groups -OCH3 is 1. The lowest BCUT2D eigenvalue weighted by Gasteiger charge is -2.12. The van der Waals surface area contributed by atoms with E-state index in [2.05, 4.69) is 5.32 Å². The average Bonchev–Trinajstić information content (AvgIpc) is 2.50. The molecule has 0 saturated heterocycles. The number of amides is 1. The number of benzene rings is 2. The van der Waals surface area contributed by atoms with E-state index >= 15 is 0 Å². The molecule has 0 unspecified atom stereocenters. The average molecular weight is 319 g/mol. The largest absolute Gasteiger partial charge is 0.495 e. The van der Waals surface area contributed by atoms with Gasteiger partial charge in [-0.3, -0.25) is 4.79 Å². The summed E-state index contributed by atoms with van der Waals surface area (Å²) in [6.07, 6.45) is 1.04. The molecule has 0 aliphatic rings. The molecule has 0 aliphatic carbocycles. The van der Waals surface area contributed by atoms with Crippen LogP contribution in [0, 0.1) is 6.92 Å². The Hall–Kier alpha value is -2.20. The second-order valence-corrected chi connectivity index (χ2v) is 5.50. The Morgan fingerprint density at radius 3 is 2.59 bits per heavy atom. The monoisotopic (exact) mass is 318 g/mol. The minimum Gasteiger partial charge on any atom is -0.495 e. The van der Waals surface area contributed by atoms with Crippen LogP contribution in [0.1, 0.15) is 17.5 Å². The van der Waals surface area contributed by atoms with Crippen molar-refractivity contribution in [2.45, 2.75) is 19.8 Å². The number of halogens is 1. The minimum absolute atomic E-state index is 0.0724. The van der Waals surface area contributed by atoms with Crippen LogP contribution in [0.25, 0.3) is 0 Å². The molecule has 0 saturated carbocycles. The SMILES string of the molecule is COc1cc(Cl)c(C)cc1NC(=O)CCc1ccc(N)cc1. The molecule has 2 aromatic carbocycles. The van der Waals surface area contributed by atoms with Gasteiger partial charge in [0.25, 0.3) is 0 Å². The maximum Gasteiger partial charge on any atom is 0.224 e. The molecule has 0 aromatic heterocycles. The molecule has 22 heavy (non-hydrogen) atoms. The number of nitrogens with two attached hydrogens (primary N) is 1. The zero-order chi connectivity index (χ0) is 16.1. The predicted octanol–water partition coefficient (Wildman–Crippen LogP) is 3.81. The van der Waals surface area contributed by atoms with E-state index in [0.29, 0.717) is 29.3 Å². The van der Waals surface area contributed by atoms with E-state index in [0.717, 1.165) is 16.8 Å². The van der Waals surface area contributed by atoms with E-state index in [1.807, 2.05) is 37.3 Å². The Morgan fingerprint density at radius 2 is 1.95 bits per heavy atom. The highest BCUT2D eigenvalue weighted by Crippen LogP contribution is 2.31. The van der Waals surface area contributed by atoms with E-state index in [4.69, 9.17) is 22.1 Å². The van der Waals surface area contributed by atoms with Gasteiger partial charge in [-0.05, 0) is 42.7 Å². The van der Waals surface area contributed by atoms with Crippen LogP contribution in [0.5, 0.6) is 5.75 Å². The third kappa shape index (κ3) is 4.15. The van der Waals surface area contributed by atoms with Crippen LogP contribution in [-0.2, 0) is 11.2 Å². The third-order valence-electron chi connectivity index (χ3n) is 3.38. The van der Waals surface area contributed by atoms with Crippen molar-refractivity contribution in [1.82, 2.24) is 0 Å². The fraction of sp³-hybridized carbons (Fsp3) is 0.235. The number of carbonyl (C=O) groups is 1. The molecule has 0 bridgehead atoms. The summed E-state index contributed by atoms with van der Waals surface area (Å²) in [4.78, 5) is 12.1. The molecule has 5 heteroatoms. The minimum atomic E-state index is -0.0724. The first-order valence-corrected chi connectivity index (χ1v) is 7.36. The van der Waals surface area contributed by atoms with Gasteiger partial charge in [-0.2, -0.15) is 0 Å². The van der Waals surface area contributed by atoms with Gasteiger partial charge in [0.05, 0.1) is 12.8 Å². The standard InChI is InChI=1S/C17H19ClN2O2/c1-11-9-15(16(22-2)10-14(11)18)20-17(21)8-5-12-3-6-13(19)7-4-12/h3-4,6-7,9-10H,5,8,19H2,1-2H3,(H,20,21). The summed E-state index contributed by atoms with van der Waals surface area (Å²) in [5.74, 6) is 0.480. The number of ether oxygens (including phenoxy) is 1. The molecule has 116 valence electrons. The molecule has 0 atom stereocenters. The van der Waals surface area contributed by atoms with Crippen LogP contribution in [0.3, 0.4) is 0 Å². The van der Waals surface area contributed by atoms with E-state index < -0.39 is 0 Å². The first kappa shape index (κ1) is 16.2. The third-order valence-corrected chi connectivity index (χ3v) is 3.78.